The van der Waals surface area contributed by atoms with E-state index in [0.717, 1.165) is 18.5 Å². The van der Waals surface area contributed by atoms with Crippen LogP contribution in [-0.4, -0.2) is 27.8 Å². The summed E-state index contributed by atoms with van der Waals surface area (Å²) in [6.45, 7) is 2.30. The summed E-state index contributed by atoms with van der Waals surface area (Å²) in [7, 11) is 0. The van der Waals surface area contributed by atoms with Gasteiger partial charge < -0.3 is 15.2 Å². The van der Waals surface area contributed by atoms with Crippen molar-refractivity contribution in [2.45, 2.75) is 32.8 Å². The van der Waals surface area contributed by atoms with Gasteiger partial charge in [0, 0.05) is 29.3 Å². The second kappa shape index (κ2) is 6.83. The Balaban J connectivity index is 1.68. The van der Waals surface area contributed by atoms with E-state index in [-0.39, 0.29) is 18.4 Å². The molecule has 1 atom stereocenters. The van der Waals surface area contributed by atoms with Crippen LogP contribution in [0.2, 0.25) is 0 Å². The lowest BCUT2D eigenvalue weighted by Crippen LogP contribution is -2.28. The molecule has 6 heteroatoms. The molecule has 1 aromatic carbocycles. The highest BCUT2D eigenvalue weighted by Crippen LogP contribution is 2.27. The number of hydrogen-bond acceptors (Lipinski definition) is 4. The lowest BCUT2D eigenvalue weighted by atomic mass is 9.87. The molecule has 23 heavy (non-hydrogen) atoms. The third kappa shape index (κ3) is 3.37. The molecule has 0 spiro atoms. The molecule has 0 unspecified atom stereocenters. The summed E-state index contributed by atoms with van der Waals surface area (Å²) < 4.78 is 5.45. The molecule has 1 amide bonds. The van der Waals surface area contributed by atoms with Gasteiger partial charge in [-0.2, -0.15) is 5.10 Å². The van der Waals surface area contributed by atoms with E-state index in [1.807, 2.05) is 13.1 Å². The van der Waals surface area contributed by atoms with Crippen LogP contribution in [0.25, 0.3) is 0 Å². The standard InChI is InChI=1S/C17H21N3O3/c1-2-23-16-6-5-14(7-13(16)10-21)19-17(22)11-3-4-12-9-18-20-15(12)8-11/h5-7,9,11,21H,2-4,8,10H2,1H3,(H,18,20)(H,19,22)/t11-/m0/s1. The Labute approximate surface area is 134 Å². The zero-order valence-corrected chi connectivity index (χ0v) is 13.1. The Morgan fingerprint density at radius 3 is 3.17 bits per heavy atom. The van der Waals surface area contributed by atoms with Crippen LogP contribution in [-0.2, 0) is 24.2 Å². The number of ether oxygens (including phenoxy) is 1. The first-order chi connectivity index (χ1) is 11.2. The molecule has 2 aromatic rings. The Morgan fingerprint density at radius 2 is 2.39 bits per heavy atom. The Kier molecular flexibility index (Phi) is 4.62. The van der Waals surface area contributed by atoms with Crippen molar-refractivity contribution >= 4 is 11.6 Å². The SMILES string of the molecule is CCOc1ccc(NC(=O)[C@H]2CCc3cn[nH]c3C2)cc1CO. The van der Waals surface area contributed by atoms with E-state index in [2.05, 4.69) is 15.5 Å². The maximum Gasteiger partial charge on any atom is 0.227 e. The number of aliphatic hydroxyl groups excluding tert-OH is 1. The van der Waals surface area contributed by atoms with E-state index in [1.165, 1.54) is 5.56 Å². The van der Waals surface area contributed by atoms with Crippen molar-refractivity contribution in [1.82, 2.24) is 10.2 Å². The third-order valence-electron chi connectivity index (χ3n) is 4.19. The van der Waals surface area contributed by atoms with E-state index >= 15 is 0 Å². The number of aromatic nitrogens is 2. The van der Waals surface area contributed by atoms with Gasteiger partial charge in [0.05, 0.1) is 19.4 Å². The summed E-state index contributed by atoms with van der Waals surface area (Å²) in [6.07, 6.45) is 4.21. The average molecular weight is 315 g/mol. The van der Waals surface area contributed by atoms with Gasteiger partial charge in [0.2, 0.25) is 5.91 Å². The monoisotopic (exact) mass is 315 g/mol. The molecule has 1 heterocycles. The second-order valence-electron chi connectivity index (χ2n) is 5.72. The number of hydrogen-bond donors (Lipinski definition) is 3. The highest BCUT2D eigenvalue weighted by Gasteiger charge is 2.26. The van der Waals surface area contributed by atoms with Gasteiger partial charge in [0.15, 0.2) is 0 Å². The summed E-state index contributed by atoms with van der Waals surface area (Å²) in [5.74, 6) is 0.582. The largest absolute Gasteiger partial charge is 0.494 e. The fourth-order valence-electron chi connectivity index (χ4n) is 2.95. The van der Waals surface area contributed by atoms with E-state index in [4.69, 9.17) is 4.74 Å². The summed E-state index contributed by atoms with van der Waals surface area (Å²) >= 11 is 0. The van der Waals surface area contributed by atoms with Gasteiger partial charge in [-0.25, -0.2) is 0 Å². The molecule has 122 valence electrons. The van der Waals surface area contributed by atoms with Crippen LogP contribution in [0.15, 0.2) is 24.4 Å². The first-order valence-corrected chi connectivity index (χ1v) is 7.89. The molecule has 1 aromatic heterocycles. The normalized spacial score (nSPS) is 16.7. The van der Waals surface area contributed by atoms with Crippen molar-refractivity contribution in [2.75, 3.05) is 11.9 Å². The van der Waals surface area contributed by atoms with Crippen molar-refractivity contribution in [2.24, 2.45) is 5.92 Å². The summed E-state index contributed by atoms with van der Waals surface area (Å²) in [4.78, 5) is 12.5. The van der Waals surface area contributed by atoms with Gasteiger partial charge in [-0.05, 0) is 43.5 Å². The fraction of sp³-hybridized carbons (Fsp3) is 0.412. The van der Waals surface area contributed by atoms with Crippen molar-refractivity contribution in [3.63, 3.8) is 0 Å². The van der Waals surface area contributed by atoms with Crippen LogP contribution in [0.3, 0.4) is 0 Å². The minimum absolute atomic E-state index is 0.00157. The van der Waals surface area contributed by atoms with Crippen LogP contribution in [0, 0.1) is 5.92 Å². The topological polar surface area (TPSA) is 87.2 Å². The van der Waals surface area contributed by atoms with Crippen LogP contribution in [0.5, 0.6) is 5.75 Å². The van der Waals surface area contributed by atoms with Crippen LogP contribution in [0.1, 0.15) is 30.2 Å². The second-order valence-corrected chi connectivity index (χ2v) is 5.72. The van der Waals surface area contributed by atoms with E-state index in [0.29, 0.717) is 30.0 Å². The van der Waals surface area contributed by atoms with Crippen molar-refractivity contribution in [3.8, 4) is 5.75 Å². The molecule has 0 radical (unpaired) electrons. The lowest BCUT2D eigenvalue weighted by Gasteiger charge is -2.21. The van der Waals surface area contributed by atoms with Gasteiger partial charge in [0.1, 0.15) is 5.75 Å². The summed E-state index contributed by atoms with van der Waals surface area (Å²) in [5, 5.41) is 19.4. The minimum atomic E-state index is -0.125. The first-order valence-electron chi connectivity index (χ1n) is 7.89. The van der Waals surface area contributed by atoms with Crippen molar-refractivity contribution < 1.29 is 14.6 Å². The van der Waals surface area contributed by atoms with E-state index < -0.39 is 0 Å². The van der Waals surface area contributed by atoms with Gasteiger partial charge in [-0.1, -0.05) is 0 Å². The highest BCUT2D eigenvalue weighted by molar-refractivity contribution is 5.93. The predicted octanol–water partition coefficient (Wildman–Crippen LogP) is 2.04. The van der Waals surface area contributed by atoms with Gasteiger partial charge in [-0.3, -0.25) is 9.89 Å². The van der Waals surface area contributed by atoms with Gasteiger partial charge in [-0.15, -0.1) is 0 Å². The quantitative estimate of drug-likeness (QED) is 0.788. The van der Waals surface area contributed by atoms with Crippen molar-refractivity contribution in [1.29, 1.82) is 0 Å². The van der Waals surface area contributed by atoms with Crippen LogP contribution >= 0.6 is 0 Å². The van der Waals surface area contributed by atoms with Crippen LogP contribution in [0.4, 0.5) is 5.69 Å². The molecule has 1 aliphatic rings. The number of aromatic amines is 1. The highest BCUT2D eigenvalue weighted by atomic mass is 16.5. The van der Waals surface area contributed by atoms with E-state index in [1.54, 1.807) is 18.2 Å². The molecular formula is C17H21N3O3. The molecule has 0 bridgehead atoms. The number of carbonyl (C=O) groups excluding carboxylic acids is 1. The number of aryl methyl sites for hydroxylation is 1. The zero-order valence-electron chi connectivity index (χ0n) is 13.1. The molecule has 3 N–H and O–H groups in total. The molecule has 1 aliphatic carbocycles. The van der Waals surface area contributed by atoms with Gasteiger partial charge >= 0.3 is 0 Å². The number of fused-ring (bicyclic) bond motifs is 1. The van der Waals surface area contributed by atoms with Crippen LogP contribution < -0.4 is 10.1 Å². The number of benzene rings is 1. The summed E-state index contributed by atoms with van der Waals surface area (Å²) in [6, 6.07) is 5.33. The number of H-pyrrole nitrogens is 1. The van der Waals surface area contributed by atoms with Crippen molar-refractivity contribution in [3.05, 3.63) is 41.2 Å². The molecule has 0 saturated carbocycles. The number of anilines is 1. The Morgan fingerprint density at radius 1 is 1.52 bits per heavy atom. The number of aliphatic hydroxyl groups is 1. The number of rotatable bonds is 5. The number of carbonyl (C=O) groups is 1. The van der Waals surface area contributed by atoms with Gasteiger partial charge in [0.25, 0.3) is 0 Å². The number of amides is 1. The molecule has 0 fully saturated rings. The molecule has 6 nitrogen and oxygen atoms in total. The third-order valence-corrected chi connectivity index (χ3v) is 4.19. The lowest BCUT2D eigenvalue weighted by molar-refractivity contribution is -0.120. The fourth-order valence-corrected chi connectivity index (χ4v) is 2.95. The molecule has 3 rings (SSSR count). The average Bonchev–Trinajstić information content (AvgIpc) is 3.04. The predicted molar refractivity (Wildman–Crippen MR) is 86.3 cm³/mol. The zero-order chi connectivity index (χ0) is 16.2. The Bertz CT molecular complexity index is 696. The number of nitrogens with zero attached hydrogens (tertiary/aromatic N) is 1. The Hall–Kier alpha value is -2.34. The molecular weight excluding hydrogens is 294 g/mol. The molecule has 0 saturated heterocycles. The maximum atomic E-state index is 12.5. The smallest absolute Gasteiger partial charge is 0.227 e. The maximum absolute atomic E-state index is 12.5. The molecule has 0 aliphatic heterocycles. The first kappa shape index (κ1) is 15.6. The summed E-state index contributed by atoms with van der Waals surface area (Å²) in [5.41, 5.74) is 3.61. The van der Waals surface area contributed by atoms with E-state index in [9.17, 15) is 9.90 Å². The number of nitrogens with one attached hydrogen (secondary N) is 2. The minimum Gasteiger partial charge on any atom is -0.494 e.